The molecule has 3 aromatic carbocycles. The summed E-state index contributed by atoms with van der Waals surface area (Å²) in [5, 5.41) is 2.81. The van der Waals surface area contributed by atoms with E-state index in [1.54, 1.807) is 6.07 Å². The predicted molar refractivity (Wildman–Crippen MR) is 122 cm³/mol. The Morgan fingerprint density at radius 3 is 2.53 bits per heavy atom. The molecule has 1 atom stereocenters. The van der Waals surface area contributed by atoms with E-state index in [0.29, 0.717) is 16.5 Å². The van der Waals surface area contributed by atoms with Crippen molar-refractivity contribution in [3.63, 3.8) is 0 Å². The summed E-state index contributed by atoms with van der Waals surface area (Å²) in [6.07, 6.45) is 3.02. The predicted octanol–water partition coefficient (Wildman–Crippen LogP) is 6.13. The van der Waals surface area contributed by atoms with Crippen LogP contribution in [-0.4, -0.2) is 8.42 Å². The van der Waals surface area contributed by atoms with Gasteiger partial charge in [0.2, 0.25) is 0 Å². The standard InChI is InChI=1S/C25H25NO3S/c1-15-9-11-24(17(3)12-15)30(27,28)26-22-14-21-19-10-8-16(2)13-23(19)29-25(21)20-7-5-4-6-18(20)22/h4-7,9,11-12,14,16,26H,8,10,13H2,1-3H3. The molecule has 0 spiro atoms. The van der Waals surface area contributed by atoms with Crippen LogP contribution in [0.25, 0.3) is 21.7 Å². The second kappa shape index (κ2) is 6.88. The van der Waals surface area contributed by atoms with E-state index >= 15 is 0 Å². The third kappa shape index (κ3) is 3.08. The van der Waals surface area contributed by atoms with Crippen LogP contribution >= 0.6 is 0 Å². The van der Waals surface area contributed by atoms with Crippen LogP contribution in [0, 0.1) is 19.8 Å². The third-order valence-electron chi connectivity index (χ3n) is 6.17. The maximum atomic E-state index is 13.2. The lowest BCUT2D eigenvalue weighted by molar-refractivity contribution is 0.427. The molecule has 5 heteroatoms. The smallest absolute Gasteiger partial charge is 0.262 e. The minimum Gasteiger partial charge on any atom is -0.460 e. The number of hydrogen-bond donors (Lipinski definition) is 1. The Morgan fingerprint density at radius 2 is 1.77 bits per heavy atom. The van der Waals surface area contributed by atoms with Gasteiger partial charge in [-0.1, -0.05) is 48.9 Å². The highest BCUT2D eigenvalue weighted by atomic mass is 32.2. The summed E-state index contributed by atoms with van der Waals surface area (Å²) in [4.78, 5) is 0.306. The summed E-state index contributed by atoms with van der Waals surface area (Å²) in [6, 6.07) is 15.2. The number of anilines is 1. The minimum atomic E-state index is -3.71. The molecule has 0 saturated carbocycles. The van der Waals surface area contributed by atoms with Gasteiger partial charge in [-0.05, 0) is 50.3 Å². The Bertz CT molecular complexity index is 1400. The fraction of sp³-hybridized carbons (Fsp3) is 0.280. The molecule has 1 aliphatic carbocycles. The van der Waals surface area contributed by atoms with Crippen molar-refractivity contribution in [2.24, 2.45) is 5.92 Å². The van der Waals surface area contributed by atoms with E-state index in [1.165, 1.54) is 5.56 Å². The summed E-state index contributed by atoms with van der Waals surface area (Å²) in [6.45, 7) is 6.04. The lowest BCUT2D eigenvalue weighted by atomic mass is 9.88. The van der Waals surface area contributed by atoms with E-state index in [9.17, 15) is 8.42 Å². The Morgan fingerprint density at radius 1 is 1.00 bits per heavy atom. The molecule has 4 nitrogen and oxygen atoms in total. The SMILES string of the molecule is Cc1ccc(S(=O)(=O)Nc2cc3c4c(oc3c3ccccc23)CC(C)CC4)c(C)c1. The Kier molecular flexibility index (Phi) is 4.40. The number of aryl methyl sites for hydroxylation is 3. The quantitative estimate of drug-likeness (QED) is 0.435. The third-order valence-corrected chi connectivity index (χ3v) is 7.69. The molecule has 30 heavy (non-hydrogen) atoms. The van der Waals surface area contributed by atoms with Crippen LogP contribution in [0.15, 0.2) is 57.8 Å². The minimum absolute atomic E-state index is 0.306. The second-order valence-corrected chi connectivity index (χ2v) is 10.2. The second-order valence-electron chi connectivity index (χ2n) is 8.57. The summed E-state index contributed by atoms with van der Waals surface area (Å²) in [5.41, 5.74) is 4.46. The normalized spacial score (nSPS) is 16.7. The maximum absolute atomic E-state index is 13.2. The van der Waals surface area contributed by atoms with Gasteiger partial charge in [0.25, 0.3) is 10.0 Å². The van der Waals surface area contributed by atoms with E-state index in [0.717, 1.165) is 57.9 Å². The number of hydrogen-bond acceptors (Lipinski definition) is 3. The van der Waals surface area contributed by atoms with E-state index < -0.39 is 10.0 Å². The maximum Gasteiger partial charge on any atom is 0.262 e. The zero-order valence-electron chi connectivity index (χ0n) is 17.5. The largest absolute Gasteiger partial charge is 0.460 e. The van der Waals surface area contributed by atoms with E-state index in [2.05, 4.69) is 11.6 Å². The number of nitrogens with one attached hydrogen (secondary N) is 1. The molecule has 0 fully saturated rings. The molecule has 1 N–H and O–H groups in total. The van der Waals surface area contributed by atoms with Crippen molar-refractivity contribution in [2.75, 3.05) is 4.72 Å². The van der Waals surface area contributed by atoms with Gasteiger partial charge in [0.15, 0.2) is 0 Å². The van der Waals surface area contributed by atoms with E-state index in [-0.39, 0.29) is 0 Å². The van der Waals surface area contributed by atoms with Crippen molar-refractivity contribution in [1.82, 2.24) is 0 Å². The summed E-state index contributed by atoms with van der Waals surface area (Å²) >= 11 is 0. The van der Waals surface area contributed by atoms with Crippen LogP contribution in [0.1, 0.15) is 35.8 Å². The topological polar surface area (TPSA) is 59.3 Å². The first-order chi connectivity index (χ1) is 14.3. The van der Waals surface area contributed by atoms with Crippen LogP contribution in [0.5, 0.6) is 0 Å². The monoisotopic (exact) mass is 419 g/mol. The number of benzene rings is 3. The van der Waals surface area contributed by atoms with Crippen LogP contribution < -0.4 is 4.72 Å². The molecule has 1 aromatic heterocycles. The lowest BCUT2D eigenvalue weighted by Gasteiger charge is -2.16. The van der Waals surface area contributed by atoms with Crippen molar-refractivity contribution < 1.29 is 12.8 Å². The Labute approximate surface area is 177 Å². The molecule has 1 unspecified atom stereocenters. The number of sulfonamides is 1. The summed E-state index contributed by atoms with van der Waals surface area (Å²) in [5.74, 6) is 1.65. The zero-order valence-corrected chi connectivity index (χ0v) is 18.3. The molecule has 5 rings (SSSR count). The van der Waals surface area contributed by atoms with Gasteiger partial charge in [0.05, 0.1) is 10.6 Å². The highest BCUT2D eigenvalue weighted by molar-refractivity contribution is 7.92. The summed E-state index contributed by atoms with van der Waals surface area (Å²) < 4.78 is 35.7. The van der Waals surface area contributed by atoms with Crippen molar-refractivity contribution in [3.8, 4) is 0 Å². The molecule has 4 aromatic rings. The van der Waals surface area contributed by atoms with Crippen molar-refractivity contribution in [2.45, 2.75) is 44.9 Å². The van der Waals surface area contributed by atoms with Crippen LogP contribution in [0.3, 0.4) is 0 Å². The molecule has 0 amide bonds. The average molecular weight is 420 g/mol. The zero-order chi connectivity index (χ0) is 21.0. The van der Waals surface area contributed by atoms with Crippen LogP contribution in [0.2, 0.25) is 0 Å². The molecular weight excluding hydrogens is 394 g/mol. The Hall–Kier alpha value is -2.79. The van der Waals surface area contributed by atoms with Crippen molar-refractivity contribution >= 4 is 37.5 Å². The molecule has 0 saturated heterocycles. The molecule has 154 valence electrons. The van der Waals surface area contributed by atoms with Gasteiger partial charge >= 0.3 is 0 Å². The molecule has 1 heterocycles. The first-order valence-electron chi connectivity index (χ1n) is 10.4. The van der Waals surface area contributed by atoms with Crippen molar-refractivity contribution in [3.05, 3.63) is 71.0 Å². The molecular formula is C25H25NO3S. The van der Waals surface area contributed by atoms with Gasteiger partial charge in [-0.2, -0.15) is 0 Å². The first kappa shape index (κ1) is 19.2. The highest BCUT2D eigenvalue weighted by Crippen LogP contribution is 2.40. The van der Waals surface area contributed by atoms with Crippen LogP contribution in [-0.2, 0) is 22.9 Å². The van der Waals surface area contributed by atoms with Gasteiger partial charge in [0.1, 0.15) is 11.3 Å². The Balaban J connectivity index is 1.70. The van der Waals surface area contributed by atoms with Crippen molar-refractivity contribution in [1.29, 1.82) is 0 Å². The fourth-order valence-corrected chi connectivity index (χ4v) is 5.95. The first-order valence-corrected chi connectivity index (χ1v) is 11.9. The number of rotatable bonds is 3. The van der Waals surface area contributed by atoms with E-state index in [4.69, 9.17) is 4.42 Å². The molecule has 0 radical (unpaired) electrons. The van der Waals surface area contributed by atoms with Gasteiger partial charge in [-0.15, -0.1) is 0 Å². The average Bonchev–Trinajstić information content (AvgIpc) is 3.05. The fourth-order valence-electron chi connectivity index (χ4n) is 4.65. The lowest BCUT2D eigenvalue weighted by Crippen LogP contribution is -2.14. The number of fused-ring (bicyclic) bond motifs is 5. The van der Waals surface area contributed by atoms with Gasteiger partial charge < -0.3 is 4.42 Å². The number of furan rings is 1. The molecule has 1 aliphatic rings. The van der Waals surface area contributed by atoms with Crippen LogP contribution in [0.4, 0.5) is 5.69 Å². The van der Waals surface area contributed by atoms with Gasteiger partial charge in [-0.25, -0.2) is 8.42 Å². The molecule has 0 bridgehead atoms. The summed E-state index contributed by atoms with van der Waals surface area (Å²) in [7, 11) is -3.71. The molecule has 0 aliphatic heterocycles. The van der Waals surface area contributed by atoms with Gasteiger partial charge in [-0.3, -0.25) is 4.72 Å². The van der Waals surface area contributed by atoms with E-state index in [1.807, 2.05) is 56.3 Å². The highest BCUT2D eigenvalue weighted by Gasteiger charge is 2.25. The van der Waals surface area contributed by atoms with Gasteiger partial charge in [0, 0.05) is 28.1 Å².